The molecule has 3 rings (SSSR count). The molecule has 0 unspecified atom stereocenters. The Bertz CT molecular complexity index is 771. The predicted molar refractivity (Wildman–Crippen MR) is 95.7 cm³/mol. The van der Waals surface area contributed by atoms with E-state index in [1.807, 2.05) is 31.2 Å². The van der Waals surface area contributed by atoms with Gasteiger partial charge in [-0.05, 0) is 43.7 Å². The van der Waals surface area contributed by atoms with Gasteiger partial charge >= 0.3 is 0 Å². The summed E-state index contributed by atoms with van der Waals surface area (Å²) in [6, 6.07) is 13.9. The van der Waals surface area contributed by atoms with Crippen LogP contribution in [-0.2, 0) is 0 Å². The maximum absolute atomic E-state index is 12.6. The van der Waals surface area contributed by atoms with Gasteiger partial charge in [0, 0.05) is 37.3 Å². The van der Waals surface area contributed by atoms with Crippen molar-refractivity contribution in [2.75, 3.05) is 26.2 Å². The van der Waals surface area contributed by atoms with Crippen molar-refractivity contribution in [2.24, 2.45) is 0 Å². The zero-order valence-corrected chi connectivity index (χ0v) is 14.3. The molecule has 2 aromatic rings. The molecule has 2 aromatic carbocycles. The Hall–Kier alpha value is -2.82. The van der Waals surface area contributed by atoms with Gasteiger partial charge in [-0.3, -0.25) is 9.59 Å². The van der Waals surface area contributed by atoms with Gasteiger partial charge in [0.05, 0.1) is 0 Å². The largest absolute Gasteiger partial charge is 0.508 e. The first-order valence-corrected chi connectivity index (χ1v) is 8.49. The van der Waals surface area contributed by atoms with E-state index in [2.05, 4.69) is 0 Å². The molecule has 0 bridgehead atoms. The molecule has 0 aromatic heterocycles. The third kappa shape index (κ3) is 3.99. The van der Waals surface area contributed by atoms with Gasteiger partial charge in [-0.15, -0.1) is 0 Å². The van der Waals surface area contributed by atoms with Gasteiger partial charge in [-0.2, -0.15) is 0 Å². The smallest absolute Gasteiger partial charge is 0.254 e. The monoisotopic (exact) mass is 338 g/mol. The van der Waals surface area contributed by atoms with E-state index in [-0.39, 0.29) is 17.6 Å². The van der Waals surface area contributed by atoms with Gasteiger partial charge in [-0.1, -0.05) is 23.8 Å². The van der Waals surface area contributed by atoms with Gasteiger partial charge in [0.1, 0.15) is 5.75 Å². The fraction of sp³-hybridized carbons (Fsp3) is 0.300. The molecule has 130 valence electrons. The zero-order chi connectivity index (χ0) is 17.8. The van der Waals surface area contributed by atoms with Crippen LogP contribution in [0.4, 0.5) is 0 Å². The summed E-state index contributed by atoms with van der Waals surface area (Å²) in [5.41, 5.74) is 2.27. The Morgan fingerprint density at radius 2 is 1.44 bits per heavy atom. The second kappa shape index (κ2) is 7.38. The molecule has 1 N–H and O–H groups in total. The number of aryl methyl sites for hydroxylation is 1. The number of carbonyl (C=O) groups is 2. The summed E-state index contributed by atoms with van der Waals surface area (Å²) in [6.45, 7) is 4.23. The normalized spacial score (nSPS) is 14.9. The second-order valence-corrected chi connectivity index (χ2v) is 6.35. The Morgan fingerprint density at radius 3 is 2.04 bits per heavy atom. The molecule has 0 radical (unpaired) electrons. The lowest BCUT2D eigenvalue weighted by atomic mass is 10.1. The van der Waals surface area contributed by atoms with Gasteiger partial charge in [-0.25, -0.2) is 0 Å². The number of phenolic OH excluding ortho intramolecular Hbond substituents is 1. The van der Waals surface area contributed by atoms with Crippen LogP contribution in [0.5, 0.6) is 5.75 Å². The van der Waals surface area contributed by atoms with Gasteiger partial charge in [0.2, 0.25) is 0 Å². The van der Waals surface area contributed by atoms with Crippen LogP contribution >= 0.6 is 0 Å². The minimum absolute atomic E-state index is 0.00616. The maximum Gasteiger partial charge on any atom is 0.254 e. The molecule has 0 atom stereocenters. The lowest BCUT2D eigenvalue weighted by Crippen LogP contribution is -2.37. The average molecular weight is 338 g/mol. The van der Waals surface area contributed by atoms with Crippen molar-refractivity contribution in [3.8, 4) is 5.75 Å². The number of hydrogen-bond acceptors (Lipinski definition) is 3. The molecular formula is C20H22N2O3. The number of carbonyl (C=O) groups excluding carboxylic acids is 2. The van der Waals surface area contributed by atoms with Crippen molar-refractivity contribution in [3.63, 3.8) is 0 Å². The lowest BCUT2D eigenvalue weighted by Gasteiger charge is -2.22. The van der Waals surface area contributed by atoms with Gasteiger partial charge in [0.25, 0.3) is 11.8 Å². The number of hydrogen-bond donors (Lipinski definition) is 1. The highest BCUT2D eigenvalue weighted by Gasteiger charge is 2.23. The second-order valence-electron chi connectivity index (χ2n) is 6.35. The summed E-state index contributed by atoms with van der Waals surface area (Å²) in [5.74, 6) is -0.0240. The van der Waals surface area contributed by atoms with Crippen molar-refractivity contribution in [1.82, 2.24) is 9.80 Å². The minimum atomic E-state index is -0.111. The maximum atomic E-state index is 12.6. The Labute approximate surface area is 147 Å². The molecule has 2 amide bonds. The molecule has 0 aliphatic carbocycles. The van der Waals surface area contributed by atoms with Crippen LogP contribution in [0.15, 0.2) is 48.5 Å². The molecule has 0 saturated carbocycles. The highest BCUT2D eigenvalue weighted by Crippen LogP contribution is 2.16. The van der Waals surface area contributed by atoms with Crippen molar-refractivity contribution in [3.05, 3.63) is 65.2 Å². The molecule has 1 heterocycles. The van der Waals surface area contributed by atoms with Crippen LogP contribution in [0, 0.1) is 6.92 Å². The molecule has 25 heavy (non-hydrogen) atoms. The summed E-state index contributed by atoms with van der Waals surface area (Å²) in [4.78, 5) is 28.8. The van der Waals surface area contributed by atoms with Crippen molar-refractivity contribution >= 4 is 11.8 Å². The third-order valence-electron chi connectivity index (χ3n) is 4.46. The van der Waals surface area contributed by atoms with Crippen molar-refractivity contribution < 1.29 is 14.7 Å². The molecular weight excluding hydrogens is 316 g/mol. The fourth-order valence-electron chi connectivity index (χ4n) is 3.02. The van der Waals surface area contributed by atoms with E-state index in [9.17, 15) is 14.7 Å². The topological polar surface area (TPSA) is 60.9 Å². The molecule has 1 aliphatic heterocycles. The summed E-state index contributed by atoms with van der Waals surface area (Å²) in [7, 11) is 0. The van der Waals surface area contributed by atoms with E-state index < -0.39 is 0 Å². The number of nitrogens with zero attached hydrogens (tertiary/aromatic N) is 2. The van der Waals surface area contributed by atoms with Crippen LogP contribution in [0.2, 0.25) is 0 Å². The van der Waals surface area contributed by atoms with Crippen LogP contribution in [0.25, 0.3) is 0 Å². The van der Waals surface area contributed by atoms with E-state index in [0.717, 1.165) is 12.0 Å². The number of benzene rings is 2. The molecule has 5 heteroatoms. The third-order valence-corrected chi connectivity index (χ3v) is 4.46. The SMILES string of the molecule is Cc1ccc(C(=O)N2CCCN(C(=O)c3cccc(O)c3)CC2)cc1. The molecule has 1 saturated heterocycles. The number of aromatic hydroxyl groups is 1. The van der Waals surface area contributed by atoms with E-state index in [0.29, 0.717) is 37.3 Å². The lowest BCUT2D eigenvalue weighted by molar-refractivity contribution is 0.0718. The molecule has 1 aliphatic rings. The van der Waals surface area contributed by atoms with Crippen LogP contribution in [0.3, 0.4) is 0 Å². The number of rotatable bonds is 2. The molecule has 0 spiro atoms. The number of amides is 2. The Balaban J connectivity index is 1.67. The van der Waals surface area contributed by atoms with Crippen LogP contribution < -0.4 is 0 Å². The van der Waals surface area contributed by atoms with E-state index in [4.69, 9.17) is 0 Å². The van der Waals surface area contributed by atoms with Crippen LogP contribution in [-0.4, -0.2) is 52.9 Å². The molecule has 1 fully saturated rings. The van der Waals surface area contributed by atoms with E-state index in [1.54, 1.807) is 28.0 Å². The summed E-state index contributed by atoms with van der Waals surface area (Å²) < 4.78 is 0. The summed E-state index contributed by atoms with van der Waals surface area (Å²) >= 11 is 0. The minimum Gasteiger partial charge on any atom is -0.508 e. The first-order valence-electron chi connectivity index (χ1n) is 8.49. The van der Waals surface area contributed by atoms with Crippen LogP contribution in [0.1, 0.15) is 32.7 Å². The number of phenols is 1. The fourth-order valence-corrected chi connectivity index (χ4v) is 3.02. The van der Waals surface area contributed by atoms with E-state index >= 15 is 0 Å². The van der Waals surface area contributed by atoms with Gasteiger partial charge in [0.15, 0.2) is 0 Å². The highest BCUT2D eigenvalue weighted by molar-refractivity contribution is 5.95. The van der Waals surface area contributed by atoms with Crippen molar-refractivity contribution in [1.29, 1.82) is 0 Å². The predicted octanol–water partition coefficient (Wildman–Crippen LogP) is 2.69. The zero-order valence-electron chi connectivity index (χ0n) is 14.3. The highest BCUT2D eigenvalue weighted by atomic mass is 16.3. The van der Waals surface area contributed by atoms with E-state index in [1.165, 1.54) is 6.07 Å². The standard InChI is InChI=1S/C20H22N2O3/c1-15-6-8-16(9-7-15)19(24)21-10-3-11-22(13-12-21)20(25)17-4-2-5-18(23)14-17/h2,4-9,14,23H,3,10-13H2,1H3. The Kier molecular flexibility index (Phi) is 5.03. The van der Waals surface area contributed by atoms with Crippen molar-refractivity contribution in [2.45, 2.75) is 13.3 Å². The Morgan fingerprint density at radius 1 is 0.840 bits per heavy atom. The average Bonchev–Trinajstić information content (AvgIpc) is 2.87. The summed E-state index contributed by atoms with van der Waals surface area (Å²) in [6.07, 6.45) is 0.738. The first-order chi connectivity index (χ1) is 12.0. The van der Waals surface area contributed by atoms with Gasteiger partial charge < -0.3 is 14.9 Å². The molecule has 5 nitrogen and oxygen atoms in total. The quantitative estimate of drug-likeness (QED) is 0.916. The first kappa shape index (κ1) is 17.0. The summed E-state index contributed by atoms with van der Waals surface area (Å²) in [5, 5.41) is 9.55.